The first-order valence-corrected chi connectivity index (χ1v) is 9.47. The van der Waals surface area contributed by atoms with Crippen molar-refractivity contribution < 1.29 is 4.90 Å². The SMILES string of the molecule is c1ccc([C@@H](c2nnnn2C2CCCC2)[NH+]2CCCCCC2)nc1. The predicted octanol–water partition coefficient (Wildman–Crippen LogP) is 1.73. The maximum atomic E-state index is 4.68. The van der Waals surface area contributed by atoms with Gasteiger partial charge in [0.25, 0.3) is 0 Å². The molecule has 24 heavy (non-hydrogen) atoms. The van der Waals surface area contributed by atoms with Gasteiger partial charge in [0.2, 0.25) is 5.82 Å². The molecule has 3 heterocycles. The number of likely N-dealkylation sites (tertiary alicyclic amines) is 1. The van der Waals surface area contributed by atoms with E-state index < -0.39 is 0 Å². The molecule has 2 fully saturated rings. The monoisotopic (exact) mass is 327 g/mol. The van der Waals surface area contributed by atoms with Gasteiger partial charge in [-0.15, -0.1) is 5.10 Å². The Morgan fingerprint density at radius 2 is 1.79 bits per heavy atom. The average molecular weight is 327 g/mol. The second-order valence-electron chi connectivity index (χ2n) is 7.18. The van der Waals surface area contributed by atoms with Gasteiger partial charge in [0.05, 0.1) is 19.1 Å². The van der Waals surface area contributed by atoms with Crippen LogP contribution in [0.15, 0.2) is 24.4 Å². The first-order valence-electron chi connectivity index (χ1n) is 9.47. The van der Waals surface area contributed by atoms with E-state index in [0.29, 0.717) is 6.04 Å². The highest BCUT2D eigenvalue weighted by molar-refractivity contribution is 5.14. The van der Waals surface area contributed by atoms with Gasteiger partial charge >= 0.3 is 0 Å². The molecule has 2 aromatic rings. The highest BCUT2D eigenvalue weighted by Crippen LogP contribution is 2.30. The molecular formula is C18H27N6+. The van der Waals surface area contributed by atoms with E-state index in [1.165, 1.54) is 64.5 Å². The molecule has 1 saturated heterocycles. The minimum atomic E-state index is 0.153. The summed E-state index contributed by atoms with van der Waals surface area (Å²) in [5.41, 5.74) is 1.10. The van der Waals surface area contributed by atoms with E-state index in [-0.39, 0.29) is 6.04 Å². The van der Waals surface area contributed by atoms with E-state index in [9.17, 15) is 0 Å². The summed E-state index contributed by atoms with van der Waals surface area (Å²) in [7, 11) is 0. The van der Waals surface area contributed by atoms with Crippen molar-refractivity contribution in [3.63, 3.8) is 0 Å². The molecule has 2 aromatic heterocycles. The van der Waals surface area contributed by atoms with Crippen LogP contribution in [0.1, 0.15) is 75.0 Å². The first kappa shape index (κ1) is 15.7. The molecule has 6 heteroatoms. The molecular weight excluding hydrogens is 300 g/mol. The lowest BCUT2D eigenvalue weighted by Crippen LogP contribution is -3.12. The van der Waals surface area contributed by atoms with Gasteiger partial charge in [0.15, 0.2) is 6.04 Å². The number of aromatic nitrogens is 5. The highest BCUT2D eigenvalue weighted by atomic mass is 15.6. The fraction of sp³-hybridized carbons (Fsp3) is 0.667. The van der Waals surface area contributed by atoms with Gasteiger partial charge < -0.3 is 4.90 Å². The molecule has 4 rings (SSSR count). The van der Waals surface area contributed by atoms with Crippen LogP contribution in [0.2, 0.25) is 0 Å². The summed E-state index contributed by atoms with van der Waals surface area (Å²) >= 11 is 0. The minimum Gasteiger partial charge on any atom is -0.321 e. The van der Waals surface area contributed by atoms with E-state index in [1.807, 2.05) is 12.3 Å². The number of hydrogen-bond acceptors (Lipinski definition) is 4. The zero-order valence-electron chi connectivity index (χ0n) is 14.3. The molecule has 0 radical (unpaired) electrons. The Morgan fingerprint density at radius 3 is 2.50 bits per heavy atom. The Bertz CT molecular complexity index is 626. The fourth-order valence-electron chi connectivity index (χ4n) is 4.34. The maximum absolute atomic E-state index is 4.68. The smallest absolute Gasteiger partial charge is 0.216 e. The summed E-state index contributed by atoms with van der Waals surface area (Å²) in [5, 5.41) is 12.9. The third kappa shape index (κ3) is 3.20. The van der Waals surface area contributed by atoms with E-state index in [2.05, 4.69) is 37.3 Å². The van der Waals surface area contributed by atoms with Crippen molar-refractivity contribution in [1.82, 2.24) is 25.2 Å². The first-order chi connectivity index (χ1) is 11.9. The molecule has 1 saturated carbocycles. The Kier molecular flexibility index (Phi) is 4.83. The summed E-state index contributed by atoms with van der Waals surface area (Å²) < 4.78 is 2.12. The van der Waals surface area contributed by atoms with Gasteiger partial charge in [-0.25, -0.2) is 4.68 Å². The van der Waals surface area contributed by atoms with Crippen LogP contribution in [-0.2, 0) is 0 Å². The molecule has 1 N–H and O–H groups in total. The minimum absolute atomic E-state index is 0.153. The van der Waals surface area contributed by atoms with Gasteiger partial charge in [-0.1, -0.05) is 18.9 Å². The van der Waals surface area contributed by atoms with Gasteiger partial charge in [-0.3, -0.25) is 4.98 Å². The van der Waals surface area contributed by atoms with Crippen molar-refractivity contribution >= 4 is 0 Å². The van der Waals surface area contributed by atoms with Crippen molar-refractivity contribution in [3.8, 4) is 0 Å². The molecule has 2 aliphatic rings. The van der Waals surface area contributed by atoms with Crippen molar-refractivity contribution in [1.29, 1.82) is 0 Å². The van der Waals surface area contributed by atoms with Gasteiger partial charge in [-0.05, 0) is 61.1 Å². The molecule has 1 aliphatic carbocycles. The Morgan fingerprint density at radius 1 is 1.00 bits per heavy atom. The van der Waals surface area contributed by atoms with Gasteiger partial charge in [-0.2, -0.15) is 0 Å². The summed E-state index contributed by atoms with van der Waals surface area (Å²) in [4.78, 5) is 6.25. The Hall–Kier alpha value is -1.82. The second kappa shape index (κ2) is 7.38. The molecule has 0 aromatic carbocycles. The van der Waals surface area contributed by atoms with E-state index in [4.69, 9.17) is 0 Å². The predicted molar refractivity (Wildman–Crippen MR) is 90.6 cm³/mol. The number of pyridine rings is 1. The van der Waals surface area contributed by atoms with Crippen LogP contribution in [-0.4, -0.2) is 38.3 Å². The van der Waals surface area contributed by atoms with Crippen LogP contribution in [0.5, 0.6) is 0 Å². The van der Waals surface area contributed by atoms with Crippen LogP contribution in [0, 0.1) is 0 Å². The van der Waals surface area contributed by atoms with Crippen LogP contribution in [0.3, 0.4) is 0 Å². The Balaban J connectivity index is 1.71. The van der Waals surface area contributed by atoms with Crippen molar-refractivity contribution in [2.75, 3.05) is 13.1 Å². The lowest BCUT2D eigenvalue weighted by molar-refractivity contribution is -0.926. The summed E-state index contributed by atoms with van der Waals surface area (Å²) in [5.74, 6) is 1.01. The number of nitrogens with one attached hydrogen (secondary N) is 1. The van der Waals surface area contributed by atoms with Crippen molar-refractivity contribution in [3.05, 3.63) is 35.9 Å². The van der Waals surface area contributed by atoms with E-state index in [0.717, 1.165) is 11.5 Å². The third-order valence-electron chi connectivity index (χ3n) is 5.58. The fourth-order valence-corrected chi connectivity index (χ4v) is 4.34. The van der Waals surface area contributed by atoms with Gasteiger partial charge in [0.1, 0.15) is 5.69 Å². The number of hydrogen-bond donors (Lipinski definition) is 1. The topological polar surface area (TPSA) is 60.9 Å². The Labute approximate surface area is 143 Å². The lowest BCUT2D eigenvalue weighted by atomic mass is 10.1. The normalized spacial score (nSPS) is 21.7. The lowest BCUT2D eigenvalue weighted by Gasteiger charge is -2.27. The molecule has 6 nitrogen and oxygen atoms in total. The zero-order chi connectivity index (χ0) is 16.2. The van der Waals surface area contributed by atoms with Crippen LogP contribution in [0.25, 0.3) is 0 Å². The average Bonchev–Trinajstić information content (AvgIpc) is 3.24. The zero-order valence-corrected chi connectivity index (χ0v) is 14.3. The third-order valence-corrected chi connectivity index (χ3v) is 5.58. The molecule has 1 aliphatic heterocycles. The molecule has 0 spiro atoms. The number of quaternary nitrogens is 1. The largest absolute Gasteiger partial charge is 0.321 e. The molecule has 0 bridgehead atoms. The standard InChI is InChI=1S/C18H26N6/c1-2-8-14-23(13-7-1)17(16-11-5-6-12-19-16)18-20-21-22-24(18)15-9-3-4-10-15/h5-6,11-12,15,17H,1-4,7-10,13-14H2/p+1/t17-/m0/s1. The van der Waals surface area contributed by atoms with Crippen LogP contribution >= 0.6 is 0 Å². The molecule has 0 amide bonds. The number of rotatable bonds is 4. The van der Waals surface area contributed by atoms with Crippen LogP contribution < -0.4 is 4.90 Å². The highest BCUT2D eigenvalue weighted by Gasteiger charge is 2.35. The molecule has 1 atom stereocenters. The number of nitrogens with zero attached hydrogens (tertiary/aromatic N) is 5. The van der Waals surface area contributed by atoms with Crippen molar-refractivity contribution in [2.45, 2.75) is 63.5 Å². The summed E-state index contributed by atoms with van der Waals surface area (Å²) in [6.07, 6.45) is 12.1. The van der Waals surface area contributed by atoms with Crippen molar-refractivity contribution in [2.24, 2.45) is 0 Å². The molecule has 128 valence electrons. The van der Waals surface area contributed by atoms with Crippen LogP contribution in [0.4, 0.5) is 0 Å². The van der Waals surface area contributed by atoms with Gasteiger partial charge in [0, 0.05) is 6.20 Å². The summed E-state index contributed by atoms with van der Waals surface area (Å²) in [6.45, 7) is 2.36. The number of tetrazole rings is 1. The maximum Gasteiger partial charge on any atom is 0.216 e. The van der Waals surface area contributed by atoms with E-state index >= 15 is 0 Å². The second-order valence-corrected chi connectivity index (χ2v) is 7.18. The quantitative estimate of drug-likeness (QED) is 0.929. The summed E-state index contributed by atoms with van der Waals surface area (Å²) in [6, 6.07) is 6.82. The van der Waals surface area contributed by atoms with E-state index in [1.54, 1.807) is 4.90 Å². The molecule has 0 unspecified atom stereocenters.